The van der Waals surface area contributed by atoms with E-state index in [1.165, 1.54) is 0 Å². The van der Waals surface area contributed by atoms with Crippen LogP contribution in [0.1, 0.15) is 10.4 Å². The Bertz CT molecular complexity index is 567. The van der Waals surface area contributed by atoms with Crippen molar-refractivity contribution in [1.82, 2.24) is 5.32 Å². The first-order chi connectivity index (χ1) is 8.66. The van der Waals surface area contributed by atoms with Gasteiger partial charge in [-0.3, -0.25) is 15.5 Å². The number of nitrogens with one attached hydrogen (secondary N) is 2. The number of hydrogen-bond acceptors (Lipinski definition) is 2. The number of hydrogen-bond donors (Lipinski definition) is 3. The van der Waals surface area contributed by atoms with E-state index in [0.717, 1.165) is 11.1 Å². The average molecular weight is 276 g/mol. The summed E-state index contributed by atoms with van der Waals surface area (Å²) in [6.07, 6.45) is 0. The molecule has 0 radical (unpaired) electrons. The minimum atomic E-state index is -0.373. The highest BCUT2D eigenvalue weighted by atomic mass is 35.5. The van der Waals surface area contributed by atoms with Gasteiger partial charge in [0.05, 0.1) is 0 Å². The lowest BCUT2D eigenvalue weighted by atomic mass is 10.0. The molecule has 98 valence electrons. The smallest absolute Gasteiger partial charge is 0.257 e. The number of benzene rings is 2. The second-order valence-electron chi connectivity index (χ2n) is 3.81. The van der Waals surface area contributed by atoms with Gasteiger partial charge in [-0.05, 0) is 23.3 Å². The minimum Gasteiger partial charge on any atom is -0.370 e. The lowest BCUT2D eigenvalue weighted by Gasteiger charge is -2.04. The van der Waals surface area contributed by atoms with Gasteiger partial charge in [0.2, 0.25) is 0 Å². The fourth-order valence-corrected chi connectivity index (χ4v) is 1.64. The number of amides is 1. The molecule has 2 aromatic rings. The van der Waals surface area contributed by atoms with Gasteiger partial charge in [0.1, 0.15) is 0 Å². The van der Waals surface area contributed by atoms with E-state index in [1.807, 2.05) is 42.5 Å². The van der Waals surface area contributed by atoms with Crippen molar-refractivity contribution in [3.63, 3.8) is 0 Å². The molecule has 2 aromatic carbocycles. The van der Waals surface area contributed by atoms with E-state index in [0.29, 0.717) is 5.56 Å². The highest BCUT2D eigenvalue weighted by Gasteiger charge is 2.06. The third kappa shape index (κ3) is 3.82. The fourth-order valence-electron chi connectivity index (χ4n) is 1.64. The number of halogens is 1. The van der Waals surface area contributed by atoms with Gasteiger partial charge in [-0.15, -0.1) is 12.4 Å². The molecule has 5 heteroatoms. The summed E-state index contributed by atoms with van der Waals surface area (Å²) in [6, 6.07) is 17.0. The van der Waals surface area contributed by atoms with Crippen LogP contribution in [0.3, 0.4) is 0 Å². The second kappa shape index (κ2) is 6.56. The van der Waals surface area contributed by atoms with Gasteiger partial charge in [-0.25, -0.2) is 0 Å². The Balaban J connectivity index is 0.00000180. The molecule has 0 aliphatic rings. The topological polar surface area (TPSA) is 79.0 Å². The maximum Gasteiger partial charge on any atom is 0.257 e. The summed E-state index contributed by atoms with van der Waals surface area (Å²) in [5, 5.41) is 9.24. The lowest BCUT2D eigenvalue weighted by Crippen LogP contribution is -2.35. The quantitative estimate of drug-likeness (QED) is 0.581. The van der Waals surface area contributed by atoms with Crippen LogP contribution in [0, 0.1) is 5.41 Å². The maximum atomic E-state index is 11.6. The van der Waals surface area contributed by atoms with Crippen molar-refractivity contribution in [2.45, 2.75) is 0 Å². The van der Waals surface area contributed by atoms with E-state index in [1.54, 1.807) is 12.1 Å². The molecule has 0 saturated heterocycles. The lowest BCUT2D eigenvalue weighted by molar-refractivity contribution is 0.0976. The molecule has 0 bridgehead atoms. The maximum absolute atomic E-state index is 11.6. The zero-order valence-electron chi connectivity index (χ0n) is 10.1. The largest absolute Gasteiger partial charge is 0.370 e. The van der Waals surface area contributed by atoms with Crippen LogP contribution >= 0.6 is 12.4 Å². The molecule has 0 fully saturated rings. The highest BCUT2D eigenvalue weighted by molar-refractivity contribution is 6.04. The van der Waals surface area contributed by atoms with Crippen LogP contribution < -0.4 is 11.1 Å². The molecule has 19 heavy (non-hydrogen) atoms. The van der Waals surface area contributed by atoms with E-state index in [4.69, 9.17) is 11.1 Å². The van der Waals surface area contributed by atoms with Crippen molar-refractivity contribution in [2.24, 2.45) is 5.73 Å². The Labute approximate surface area is 117 Å². The average Bonchev–Trinajstić information content (AvgIpc) is 2.39. The Kier molecular flexibility index (Phi) is 5.09. The second-order valence-corrected chi connectivity index (χ2v) is 3.81. The molecule has 0 spiro atoms. The molecule has 0 aliphatic carbocycles. The molecule has 0 atom stereocenters. The third-order valence-corrected chi connectivity index (χ3v) is 2.50. The summed E-state index contributed by atoms with van der Waals surface area (Å²) >= 11 is 0. The van der Waals surface area contributed by atoms with Gasteiger partial charge in [-0.2, -0.15) is 0 Å². The van der Waals surface area contributed by atoms with Crippen LogP contribution in [-0.4, -0.2) is 11.9 Å². The molecule has 0 aliphatic heterocycles. The first-order valence-electron chi connectivity index (χ1n) is 5.47. The molecule has 0 aromatic heterocycles. The molecule has 0 unspecified atom stereocenters. The molecular formula is C14H14ClN3O. The van der Waals surface area contributed by atoms with Gasteiger partial charge in [0, 0.05) is 5.56 Å². The fraction of sp³-hybridized carbons (Fsp3) is 0. The molecule has 0 heterocycles. The van der Waals surface area contributed by atoms with Crippen LogP contribution in [0.2, 0.25) is 0 Å². The number of rotatable bonds is 2. The summed E-state index contributed by atoms with van der Waals surface area (Å²) in [4.78, 5) is 11.6. The number of carbonyl (C=O) groups excluding carboxylic acids is 1. The number of nitrogens with two attached hydrogens (primary N) is 1. The van der Waals surface area contributed by atoms with E-state index < -0.39 is 0 Å². The van der Waals surface area contributed by atoms with Crippen molar-refractivity contribution in [1.29, 1.82) is 5.41 Å². The summed E-state index contributed by atoms with van der Waals surface area (Å²) in [7, 11) is 0. The van der Waals surface area contributed by atoms with E-state index in [2.05, 4.69) is 5.32 Å². The van der Waals surface area contributed by atoms with Gasteiger partial charge in [0.25, 0.3) is 5.91 Å². The summed E-state index contributed by atoms with van der Waals surface area (Å²) in [5.41, 5.74) is 7.71. The number of guanidine groups is 1. The Hall–Kier alpha value is -2.33. The zero-order chi connectivity index (χ0) is 13.0. The van der Waals surface area contributed by atoms with Crippen LogP contribution in [0.15, 0.2) is 54.6 Å². The van der Waals surface area contributed by atoms with Crippen molar-refractivity contribution in [2.75, 3.05) is 0 Å². The first-order valence-corrected chi connectivity index (χ1v) is 5.47. The number of carbonyl (C=O) groups is 1. The monoisotopic (exact) mass is 275 g/mol. The van der Waals surface area contributed by atoms with Crippen molar-refractivity contribution >= 4 is 24.3 Å². The van der Waals surface area contributed by atoms with Crippen LogP contribution in [0.25, 0.3) is 11.1 Å². The molecule has 4 nitrogen and oxygen atoms in total. The summed E-state index contributed by atoms with van der Waals surface area (Å²) < 4.78 is 0. The van der Waals surface area contributed by atoms with Gasteiger partial charge < -0.3 is 5.73 Å². The predicted octanol–water partition coefficient (Wildman–Crippen LogP) is 2.40. The Morgan fingerprint density at radius 1 is 0.947 bits per heavy atom. The normalized spacial score (nSPS) is 9.26. The Morgan fingerprint density at radius 3 is 2.00 bits per heavy atom. The van der Waals surface area contributed by atoms with Crippen LogP contribution in [0.5, 0.6) is 0 Å². The van der Waals surface area contributed by atoms with Gasteiger partial charge in [-0.1, -0.05) is 42.5 Å². The molecule has 4 N–H and O–H groups in total. The molecular weight excluding hydrogens is 262 g/mol. The third-order valence-electron chi connectivity index (χ3n) is 2.50. The highest BCUT2D eigenvalue weighted by Crippen LogP contribution is 2.19. The Morgan fingerprint density at radius 2 is 1.47 bits per heavy atom. The van der Waals surface area contributed by atoms with E-state index in [-0.39, 0.29) is 24.3 Å². The van der Waals surface area contributed by atoms with Crippen molar-refractivity contribution in [3.8, 4) is 11.1 Å². The van der Waals surface area contributed by atoms with Crippen molar-refractivity contribution < 1.29 is 4.79 Å². The first kappa shape index (κ1) is 14.7. The van der Waals surface area contributed by atoms with Crippen LogP contribution in [-0.2, 0) is 0 Å². The minimum absolute atomic E-state index is 0. The van der Waals surface area contributed by atoms with E-state index >= 15 is 0 Å². The van der Waals surface area contributed by atoms with Gasteiger partial charge in [0.15, 0.2) is 5.96 Å². The standard InChI is InChI=1S/C14H13N3O.ClH/c15-14(16)17-13(18)12-8-6-11(7-9-12)10-4-2-1-3-5-10;/h1-9H,(H4,15,16,17,18);1H. The molecule has 1 amide bonds. The predicted molar refractivity (Wildman–Crippen MR) is 78.5 cm³/mol. The molecule has 2 rings (SSSR count). The molecule has 0 saturated carbocycles. The zero-order valence-corrected chi connectivity index (χ0v) is 10.9. The van der Waals surface area contributed by atoms with E-state index in [9.17, 15) is 4.79 Å². The SMILES string of the molecule is Cl.N=C(N)NC(=O)c1ccc(-c2ccccc2)cc1. The van der Waals surface area contributed by atoms with Gasteiger partial charge >= 0.3 is 0 Å². The van der Waals surface area contributed by atoms with Crippen LogP contribution in [0.4, 0.5) is 0 Å². The summed E-state index contributed by atoms with van der Waals surface area (Å²) in [6.45, 7) is 0. The summed E-state index contributed by atoms with van der Waals surface area (Å²) in [5.74, 6) is -0.728. The van der Waals surface area contributed by atoms with Crippen molar-refractivity contribution in [3.05, 3.63) is 60.2 Å².